The average molecular weight is 345 g/mol. The van der Waals surface area contributed by atoms with Crippen LogP contribution in [0.2, 0.25) is 0 Å². The maximum Gasteiger partial charge on any atom is 0.231 e. The maximum absolute atomic E-state index is 12.2. The van der Waals surface area contributed by atoms with Crippen LogP contribution in [0.4, 0.5) is 5.69 Å². The molecule has 0 radical (unpaired) electrons. The third-order valence-corrected chi connectivity index (χ3v) is 5.10. The maximum atomic E-state index is 12.2. The number of piperazine rings is 1. The summed E-state index contributed by atoms with van der Waals surface area (Å²) in [6.45, 7) is 5.48. The number of ether oxygens (including phenoxy) is 1. The van der Waals surface area contributed by atoms with Crippen molar-refractivity contribution in [1.82, 2.24) is 9.80 Å². The number of anilines is 1. The molecule has 0 aliphatic carbocycles. The third-order valence-electron chi connectivity index (χ3n) is 5.10. The molecule has 2 heterocycles. The zero-order valence-electron chi connectivity index (χ0n) is 15.1. The molecular weight excluding hydrogens is 318 g/mol. The van der Waals surface area contributed by atoms with E-state index < -0.39 is 0 Å². The van der Waals surface area contributed by atoms with E-state index in [0.29, 0.717) is 12.8 Å². The molecule has 136 valence electrons. The number of carbonyl (C=O) groups is 2. The van der Waals surface area contributed by atoms with Crippen molar-refractivity contribution in [2.24, 2.45) is 0 Å². The van der Waals surface area contributed by atoms with E-state index in [4.69, 9.17) is 4.74 Å². The third kappa shape index (κ3) is 3.63. The number of hydrogen-bond donors (Lipinski definition) is 0. The molecule has 2 amide bonds. The van der Waals surface area contributed by atoms with Crippen LogP contribution < -0.4 is 9.64 Å². The summed E-state index contributed by atoms with van der Waals surface area (Å²) in [5, 5.41) is 0. The normalized spacial score (nSPS) is 20.2. The van der Waals surface area contributed by atoms with Crippen molar-refractivity contribution in [3.63, 3.8) is 0 Å². The first kappa shape index (κ1) is 17.7. The smallest absolute Gasteiger partial charge is 0.231 e. The molecule has 0 N–H and O–H groups in total. The van der Waals surface area contributed by atoms with Crippen LogP contribution >= 0.6 is 0 Å². The Kier molecular flexibility index (Phi) is 5.58. The Morgan fingerprint density at radius 2 is 1.68 bits per heavy atom. The van der Waals surface area contributed by atoms with Crippen molar-refractivity contribution in [3.8, 4) is 5.75 Å². The lowest BCUT2D eigenvalue weighted by Gasteiger charge is -2.42. The fourth-order valence-corrected chi connectivity index (χ4v) is 3.81. The predicted octanol–water partition coefficient (Wildman–Crippen LogP) is 2.09. The molecule has 1 unspecified atom stereocenters. The second kappa shape index (κ2) is 7.87. The van der Waals surface area contributed by atoms with Gasteiger partial charge in [-0.3, -0.25) is 19.4 Å². The van der Waals surface area contributed by atoms with Crippen LogP contribution in [0, 0.1) is 0 Å². The number of likely N-dealkylation sites (tertiary alicyclic amines) is 1. The number of imide groups is 1. The molecule has 3 rings (SSSR count). The quantitative estimate of drug-likeness (QED) is 0.739. The molecule has 0 spiro atoms. The summed E-state index contributed by atoms with van der Waals surface area (Å²) in [4.78, 5) is 30.4. The average Bonchev–Trinajstić information content (AvgIpc) is 2.98. The van der Waals surface area contributed by atoms with Gasteiger partial charge in [0.05, 0.1) is 19.0 Å². The van der Waals surface area contributed by atoms with Crippen LogP contribution in [-0.4, -0.2) is 61.1 Å². The molecule has 6 nitrogen and oxygen atoms in total. The molecule has 1 aromatic rings. The number of carbonyl (C=O) groups excluding carboxylic acids is 2. The van der Waals surface area contributed by atoms with Crippen molar-refractivity contribution < 1.29 is 14.3 Å². The SMILES string of the molecule is CCCC(N1CCN(c2ccccc2OC)CC1)N1C(=O)CCC1=O. The summed E-state index contributed by atoms with van der Waals surface area (Å²) in [7, 11) is 1.69. The van der Waals surface area contributed by atoms with Gasteiger partial charge >= 0.3 is 0 Å². The highest BCUT2D eigenvalue weighted by molar-refractivity contribution is 6.02. The van der Waals surface area contributed by atoms with E-state index in [-0.39, 0.29) is 18.0 Å². The van der Waals surface area contributed by atoms with E-state index in [1.165, 1.54) is 4.90 Å². The van der Waals surface area contributed by atoms with Crippen LogP contribution in [0.3, 0.4) is 0 Å². The van der Waals surface area contributed by atoms with Crippen LogP contribution in [0.25, 0.3) is 0 Å². The molecule has 2 aliphatic rings. The second-order valence-electron chi connectivity index (χ2n) is 6.62. The fourth-order valence-electron chi connectivity index (χ4n) is 3.81. The molecule has 0 saturated carbocycles. The van der Waals surface area contributed by atoms with Gasteiger partial charge in [-0.15, -0.1) is 0 Å². The first-order valence-electron chi connectivity index (χ1n) is 9.12. The highest BCUT2D eigenvalue weighted by atomic mass is 16.5. The molecule has 25 heavy (non-hydrogen) atoms. The van der Waals surface area contributed by atoms with E-state index >= 15 is 0 Å². The van der Waals surface area contributed by atoms with Crippen molar-refractivity contribution >= 4 is 17.5 Å². The number of amides is 2. The number of benzene rings is 1. The summed E-state index contributed by atoms with van der Waals surface area (Å²) < 4.78 is 5.47. The van der Waals surface area contributed by atoms with Crippen molar-refractivity contribution in [3.05, 3.63) is 24.3 Å². The highest BCUT2D eigenvalue weighted by Crippen LogP contribution is 2.29. The van der Waals surface area contributed by atoms with Gasteiger partial charge in [-0.25, -0.2) is 0 Å². The van der Waals surface area contributed by atoms with Gasteiger partial charge in [0, 0.05) is 39.0 Å². The van der Waals surface area contributed by atoms with Crippen molar-refractivity contribution in [1.29, 1.82) is 0 Å². The zero-order valence-corrected chi connectivity index (χ0v) is 15.1. The Morgan fingerprint density at radius 1 is 1.04 bits per heavy atom. The molecular formula is C19H27N3O3. The predicted molar refractivity (Wildman–Crippen MR) is 96.6 cm³/mol. The Hall–Kier alpha value is -2.08. The molecule has 2 saturated heterocycles. The monoisotopic (exact) mass is 345 g/mol. The number of rotatable bonds is 6. The summed E-state index contributed by atoms with van der Waals surface area (Å²) in [6, 6.07) is 8.04. The van der Waals surface area contributed by atoms with Gasteiger partial charge in [-0.05, 0) is 18.6 Å². The van der Waals surface area contributed by atoms with E-state index in [9.17, 15) is 9.59 Å². The molecule has 2 aliphatic heterocycles. The minimum Gasteiger partial charge on any atom is -0.495 e. The Balaban J connectivity index is 1.69. The summed E-state index contributed by atoms with van der Waals surface area (Å²) in [6.07, 6.45) is 2.42. The minimum atomic E-state index is -0.0904. The van der Waals surface area contributed by atoms with E-state index in [0.717, 1.165) is 50.5 Å². The largest absolute Gasteiger partial charge is 0.495 e. The summed E-state index contributed by atoms with van der Waals surface area (Å²) in [5.74, 6) is 0.845. The van der Waals surface area contributed by atoms with Gasteiger partial charge in [0.25, 0.3) is 0 Å². The molecule has 1 aromatic carbocycles. The standard InChI is InChI=1S/C19H27N3O3/c1-3-6-17(22-18(23)9-10-19(22)24)21-13-11-20(12-14-21)15-7-4-5-8-16(15)25-2/h4-5,7-8,17H,3,6,9-14H2,1-2H3. The topological polar surface area (TPSA) is 53.1 Å². The van der Waals surface area contributed by atoms with E-state index in [1.54, 1.807) is 7.11 Å². The van der Waals surface area contributed by atoms with Crippen LogP contribution in [-0.2, 0) is 9.59 Å². The van der Waals surface area contributed by atoms with Crippen molar-refractivity contribution in [2.75, 3.05) is 38.2 Å². The molecule has 0 aromatic heterocycles. The number of methoxy groups -OCH3 is 1. The summed E-state index contributed by atoms with van der Waals surface area (Å²) >= 11 is 0. The first-order chi connectivity index (χ1) is 12.2. The Labute approximate surface area is 149 Å². The zero-order chi connectivity index (χ0) is 17.8. The van der Waals surface area contributed by atoms with Gasteiger partial charge in [-0.1, -0.05) is 25.5 Å². The molecule has 6 heteroatoms. The number of para-hydroxylation sites is 2. The van der Waals surface area contributed by atoms with E-state index in [2.05, 4.69) is 22.8 Å². The van der Waals surface area contributed by atoms with Gasteiger partial charge in [0.2, 0.25) is 11.8 Å². The minimum absolute atomic E-state index is 0.0180. The van der Waals surface area contributed by atoms with Crippen LogP contribution in [0.1, 0.15) is 32.6 Å². The Morgan fingerprint density at radius 3 is 2.28 bits per heavy atom. The second-order valence-corrected chi connectivity index (χ2v) is 6.62. The lowest BCUT2D eigenvalue weighted by atomic mass is 10.1. The molecule has 2 fully saturated rings. The van der Waals surface area contributed by atoms with Gasteiger partial charge < -0.3 is 9.64 Å². The highest BCUT2D eigenvalue weighted by Gasteiger charge is 2.38. The lowest BCUT2D eigenvalue weighted by molar-refractivity contribution is -0.146. The number of hydrogen-bond acceptors (Lipinski definition) is 5. The number of nitrogens with zero attached hydrogens (tertiary/aromatic N) is 3. The van der Waals surface area contributed by atoms with Crippen LogP contribution in [0.5, 0.6) is 5.75 Å². The van der Waals surface area contributed by atoms with Gasteiger partial charge in [0.1, 0.15) is 5.75 Å². The van der Waals surface area contributed by atoms with Gasteiger partial charge in [0.15, 0.2) is 0 Å². The summed E-state index contributed by atoms with van der Waals surface area (Å²) in [5.41, 5.74) is 1.10. The lowest BCUT2D eigenvalue weighted by Crippen LogP contribution is -2.57. The Bertz CT molecular complexity index is 610. The fraction of sp³-hybridized carbons (Fsp3) is 0.579. The molecule has 1 atom stereocenters. The van der Waals surface area contributed by atoms with Crippen molar-refractivity contribution in [2.45, 2.75) is 38.8 Å². The first-order valence-corrected chi connectivity index (χ1v) is 9.12. The molecule has 0 bridgehead atoms. The van der Waals surface area contributed by atoms with E-state index in [1.807, 2.05) is 18.2 Å². The van der Waals surface area contributed by atoms with Gasteiger partial charge in [-0.2, -0.15) is 0 Å². The van der Waals surface area contributed by atoms with Crippen LogP contribution in [0.15, 0.2) is 24.3 Å².